The van der Waals surface area contributed by atoms with Crippen LogP contribution in [0.15, 0.2) is 0 Å². The smallest absolute Gasteiger partial charge is 0.142 e. The van der Waals surface area contributed by atoms with E-state index >= 15 is 0 Å². The number of hydrogen-bond donors (Lipinski definition) is 1. The van der Waals surface area contributed by atoms with Crippen molar-refractivity contribution in [3.63, 3.8) is 0 Å². The van der Waals surface area contributed by atoms with Crippen LogP contribution in [0.2, 0.25) is 0 Å². The van der Waals surface area contributed by atoms with Gasteiger partial charge < -0.3 is 10.1 Å². The maximum Gasteiger partial charge on any atom is 0.142 e. The summed E-state index contributed by atoms with van der Waals surface area (Å²) < 4.78 is 5.34. The standard InChI is InChI=1S/C10H17NO2/c12-10-4-6-13-7-8(10)9-3-1-2-5-11-9/h8-9,11H,1-7H2. The quantitative estimate of drug-likeness (QED) is 0.651. The number of ketones is 1. The third kappa shape index (κ3) is 2.09. The number of ether oxygens (including phenoxy) is 1. The zero-order valence-electron chi connectivity index (χ0n) is 7.92. The summed E-state index contributed by atoms with van der Waals surface area (Å²) in [6.45, 7) is 2.33. The Morgan fingerprint density at radius 3 is 3.00 bits per heavy atom. The molecular formula is C10H17NO2. The van der Waals surface area contributed by atoms with E-state index in [0.717, 1.165) is 13.0 Å². The van der Waals surface area contributed by atoms with Crippen LogP contribution in [0.1, 0.15) is 25.7 Å². The monoisotopic (exact) mass is 183 g/mol. The Morgan fingerprint density at radius 2 is 2.31 bits per heavy atom. The highest BCUT2D eigenvalue weighted by Crippen LogP contribution is 2.20. The van der Waals surface area contributed by atoms with Gasteiger partial charge >= 0.3 is 0 Å². The first-order chi connectivity index (χ1) is 6.38. The molecule has 0 aromatic rings. The molecular weight excluding hydrogens is 166 g/mol. The van der Waals surface area contributed by atoms with Crippen LogP contribution in [0, 0.1) is 5.92 Å². The Balaban J connectivity index is 1.92. The van der Waals surface area contributed by atoms with Crippen LogP contribution in [0.25, 0.3) is 0 Å². The second kappa shape index (κ2) is 4.20. The summed E-state index contributed by atoms with van der Waals surface area (Å²) in [6.07, 6.45) is 4.25. The van der Waals surface area contributed by atoms with Crippen LogP contribution >= 0.6 is 0 Å². The van der Waals surface area contributed by atoms with Gasteiger partial charge in [-0.1, -0.05) is 6.42 Å². The summed E-state index contributed by atoms with van der Waals surface area (Å²) in [5.74, 6) is 0.527. The zero-order chi connectivity index (χ0) is 9.10. The maximum atomic E-state index is 11.6. The summed E-state index contributed by atoms with van der Waals surface area (Å²) >= 11 is 0. The summed E-state index contributed by atoms with van der Waals surface area (Å²) in [4.78, 5) is 11.6. The molecule has 0 bridgehead atoms. The van der Waals surface area contributed by atoms with Crippen molar-refractivity contribution in [2.45, 2.75) is 31.7 Å². The van der Waals surface area contributed by atoms with E-state index in [2.05, 4.69) is 5.32 Å². The van der Waals surface area contributed by atoms with E-state index in [1.165, 1.54) is 12.8 Å². The van der Waals surface area contributed by atoms with Gasteiger partial charge in [0.2, 0.25) is 0 Å². The van der Waals surface area contributed by atoms with Gasteiger partial charge in [0.25, 0.3) is 0 Å². The number of piperidine rings is 1. The largest absolute Gasteiger partial charge is 0.380 e. The highest BCUT2D eigenvalue weighted by molar-refractivity contribution is 5.82. The SMILES string of the molecule is O=C1CCOCC1C1CCCCN1. The molecule has 2 unspecified atom stereocenters. The Labute approximate surface area is 78.8 Å². The van der Waals surface area contributed by atoms with Crippen LogP contribution < -0.4 is 5.32 Å². The van der Waals surface area contributed by atoms with Crippen LogP contribution in [0.4, 0.5) is 0 Å². The Bertz CT molecular complexity index is 187. The topological polar surface area (TPSA) is 38.3 Å². The van der Waals surface area contributed by atoms with Crippen molar-refractivity contribution in [1.82, 2.24) is 5.32 Å². The van der Waals surface area contributed by atoms with Gasteiger partial charge in [-0.2, -0.15) is 0 Å². The summed E-state index contributed by atoms with van der Waals surface area (Å²) in [5.41, 5.74) is 0. The number of rotatable bonds is 1. The molecule has 2 fully saturated rings. The minimum Gasteiger partial charge on any atom is -0.380 e. The van der Waals surface area contributed by atoms with Gasteiger partial charge in [0, 0.05) is 12.5 Å². The van der Waals surface area contributed by atoms with Gasteiger partial charge in [-0.05, 0) is 19.4 Å². The van der Waals surface area contributed by atoms with Crippen molar-refractivity contribution in [3.05, 3.63) is 0 Å². The van der Waals surface area contributed by atoms with E-state index in [1.54, 1.807) is 0 Å². The minimum absolute atomic E-state index is 0.133. The highest BCUT2D eigenvalue weighted by Gasteiger charge is 2.31. The third-order valence-electron chi connectivity index (χ3n) is 3.04. The Hall–Kier alpha value is -0.410. The first kappa shape index (κ1) is 9.16. The van der Waals surface area contributed by atoms with Crippen LogP contribution in [0.3, 0.4) is 0 Å². The first-order valence-electron chi connectivity index (χ1n) is 5.22. The van der Waals surface area contributed by atoms with Gasteiger partial charge in [0.15, 0.2) is 0 Å². The molecule has 2 heterocycles. The van der Waals surface area contributed by atoms with Gasteiger partial charge in [-0.25, -0.2) is 0 Å². The molecule has 74 valence electrons. The number of carbonyl (C=O) groups excluding carboxylic acids is 1. The average Bonchev–Trinajstić information content (AvgIpc) is 2.20. The molecule has 0 aliphatic carbocycles. The lowest BCUT2D eigenvalue weighted by Crippen LogP contribution is -2.47. The summed E-state index contributed by atoms with van der Waals surface area (Å²) in [7, 11) is 0. The molecule has 1 N–H and O–H groups in total. The second-order valence-corrected chi connectivity index (χ2v) is 3.95. The summed E-state index contributed by atoms with van der Waals surface area (Å²) in [5, 5.41) is 3.42. The fraction of sp³-hybridized carbons (Fsp3) is 0.900. The fourth-order valence-corrected chi connectivity index (χ4v) is 2.22. The molecule has 2 aliphatic rings. The second-order valence-electron chi connectivity index (χ2n) is 3.95. The maximum absolute atomic E-state index is 11.6. The van der Waals surface area contributed by atoms with Crippen molar-refractivity contribution in [2.24, 2.45) is 5.92 Å². The molecule has 3 heteroatoms. The molecule has 0 amide bonds. The zero-order valence-corrected chi connectivity index (χ0v) is 7.92. The average molecular weight is 183 g/mol. The van der Waals surface area contributed by atoms with Crippen LogP contribution in [-0.4, -0.2) is 31.6 Å². The molecule has 3 nitrogen and oxygen atoms in total. The molecule has 2 atom stereocenters. The van der Waals surface area contributed by atoms with E-state index in [9.17, 15) is 4.79 Å². The van der Waals surface area contributed by atoms with E-state index < -0.39 is 0 Å². The Kier molecular flexibility index (Phi) is 2.96. The van der Waals surface area contributed by atoms with Crippen molar-refractivity contribution < 1.29 is 9.53 Å². The molecule has 2 aliphatic heterocycles. The van der Waals surface area contributed by atoms with E-state index in [0.29, 0.717) is 31.5 Å². The van der Waals surface area contributed by atoms with Crippen molar-refractivity contribution in [3.8, 4) is 0 Å². The molecule has 2 rings (SSSR count). The third-order valence-corrected chi connectivity index (χ3v) is 3.04. The lowest BCUT2D eigenvalue weighted by atomic mass is 9.87. The molecule has 0 aromatic carbocycles. The van der Waals surface area contributed by atoms with Crippen LogP contribution in [-0.2, 0) is 9.53 Å². The lowest BCUT2D eigenvalue weighted by molar-refractivity contribution is -0.132. The number of hydrogen-bond acceptors (Lipinski definition) is 3. The van der Waals surface area contributed by atoms with Crippen molar-refractivity contribution in [1.29, 1.82) is 0 Å². The predicted octanol–water partition coefficient (Wildman–Crippen LogP) is 0.734. The molecule has 0 aromatic heterocycles. The molecule has 0 radical (unpaired) electrons. The normalized spacial score (nSPS) is 36.2. The summed E-state index contributed by atoms with van der Waals surface area (Å²) in [6, 6.07) is 0.390. The van der Waals surface area contributed by atoms with E-state index in [1.807, 2.05) is 0 Å². The molecule has 0 spiro atoms. The highest BCUT2D eigenvalue weighted by atomic mass is 16.5. The number of nitrogens with one attached hydrogen (secondary N) is 1. The molecule has 13 heavy (non-hydrogen) atoms. The van der Waals surface area contributed by atoms with Gasteiger partial charge in [0.1, 0.15) is 5.78 Å². The van der Waals surface area contributed by atoms with E-state index in [-0.39, 0.29) is 5.92 Å². The fourth-order valence-electron chi connectivity index (χ4n) is 2.22. The molecule has 0 saturated carbocycles. The Morgan fingerprint density at radius 1 is 1.38 bits per heavy atom. The number of Topliss-reactive ketones (excluding diaryl/α,β-unsaturated/α-hetero) is 1. The van der Waals surface area contributed by atoms with Crippen molar-refractivity contribution >= 4 is 5.78 Å². The number of carbonyl (C=O) groups is 1. The minimum atomic E-state index is 0.133. The van der Waals surface area contributed by atoms with E-state index in [4.69, 9.17) is 4.74 Å². The van der Waals surface area contributed by atoms with Gasteiger partial charge in [0.05, 0.1) is 19.1 Å². The predicted molar refractivity (Wildman–Crippen MR) is 49.6 cm³/mol. The van der Waals surface area contributed by atoms with Gasteiger partial charge in [-0.15, -0.1) is 0 Å². The van der Waals surface area contributed by atoms with Crippen molar-refractivity contribution in [2.75, 3.05) is 19.8 Å². The van der Waals surface area contributed by atoms with Gasteiger partial charge in [-0.3, -0.25) is 4.79 Å². The van der Waals surface area contributed by atoms with Crippen LogP contribution in [0.5, 0.6) is 0 Å². The lowest BCUT2D eigenvalue weighted by Gasteiger charge is -2.32. The first-order valence-corrected chi connectivity index (χ1v) is 5.22. The molecule has 2 saturated heterocycles.